The quantitative estimate of drug-likeness (QED) is 0.676. The Balaban J connectivity index is 2.39. The molecule has 0 amide bonds. The number of carboxylic acid groups (broad SMARTS) is 1. The number of carboxylic acids is 1. The highest BCUT2D eigenvalue weighted by Crippen LogP contribution is 2.25. The largest absolute Gasteiger partial charge is 0.595 e. The summed E-state index contributed by atoms with van der Waals surface area (Å²) in [6.45, 7) is -0.485. The Morgan fingerprint density at radius 2 is 2.05 bits per heavy atom. The summed E-state index contributed by atoms with van der Waals surface area (Å²) >= 11 is 0. The Morgan fingerprint density at radius 3 is 2.63 bits per heavy atom. The van der Waals surface area contributed by atoms with Crippen LogP contribution in [0.5, 0.6) is 5.75 Å². The molecule has 2 aromatic rings. The Morgan fingerprint density at radius 1 is 1.37 bits per heavy atom. The number of aliphatic carboxylic acids is 1. The maximum absolute atomic E-state index is 11.0. The van der Waals surface area contributed by atoms with Gasteiger partial charge in [-0.1, -0.05) is 0 Å². The Hall–Kier alpha value is -2.35. The van der Waals surface area contributed by atoms with Crippen molar-refractivity contribution in [3.8, 4) is 11.4 Å². The molecule has 0 aliphatic carbocycles. The van der Waals surface area contributed by atoms with E-state index < -0.39 is 17.8 Å². The second-order valence-electron chi connectivity index (χ2n) is 3.76. The van der Waals surface area contributed by atoms with E-state index in [1.165, 1.54) is 18.2 Å². The second kappa shape index (κ2) is 5.53. The third-order valence-electron chi connectivity index (χ3n) is 2.44. The maximum Gasteiger partial charge on any atom is 0.341 e. The van der Waals surface area contributed by atoms with Crippen LogP contribution in [0.3, 0.4) is 0 Å². The Kier molecular flexibility index (Phi) is 3.81. The third kappa shape index (κ3) is 3.10. The SMILES string of the molecule is O=C(O)COc1ccc([NH+]([O-])O)cc1-n1cccc1. The van der Waals surface area contributed by atoms with Gasteiger partial charge in [0.25, 0.3) is 0 Å². The number of rotatable bonds is 5. The van der Waals surface area contributed by atoms with Crippen molar-refractivity contribution in [1.82, 2.24) is 4.57 Å². The summed E-state index contributed by atoms with van der Waals surface area (Å²) in [7, 11) is 0. The minimum Gasteiger partial charge on any atom is -0.595 e. The van der Waals surface area contributed by atoms with Crippen LogP contribution < -0.4 is 9.96 Å². The molecule has 0 spiro atoms. The van der Waals surface area contributed by atoms with Crippen LogP contribution in [0.15, 0.2) is 42.7 Å². The van der Waals surface area contributed by atoms with Crippen LogP contribution in [0.4, 0.5) is 5.69 Å². The molecule has 100 valence electrons. The van der Waals surface area contributed by atoms with Crippen molar-refractivity contribution < 1.29 is 25.1 Å². The van der Waals surface area contributed by atoms with E-state index in [1.54, 1.807) is 29.1 Å². The molecule has 0 radical (unpaired) electrons. The van der Waals surface area contributed by atoms with Gasteiger partial charge < -0.3 is 19.6 Å². The van der Waals surface area contributed by atoms with Crippen molar-refractivity contribution in [2.75, 3.05) is 6.61 Å². The summed E-state index contributed by atoms with van der Waals surface area (Å²) < 4.78 is 6.80. The molecule has 0 saturated heterocycles. The Labute approximate surface area is 108 Å². The molecule has 0 aliphatic heterocycles. The van der Waals surface area contributed by atoms with Crippen LogP contribution in [0, 0.1) is 5.21 Å². The number of hydrogen-bond acceptors (Lipinski definition) is 4. The maximum atomic E-state index is 11.0. The zero-order chi connectivity index (χ0) is 13.8. The molecule has 0 fully saturated rings. The van der Waals surface area contributed by atoms with E-state index >= 15 is 0 Å². The standard InChI is InChI=1S/C12H12N2O5/c15-12(16)8-19-11-4-3-9(14(17)18)7-10(11)13-5-1-2-6-13/h1-7,14,17H,8H2,(H,15,16). The van der Waals surface area contributed by atoms with Gasteiger partial charge in [-0.3, -0.25) is 0 Å². The van der Waals surface area contributed by atoms with Gasteiger partial charge in [0.1, 0.15) is 5.75 Å². The van der Waals surface area contributed by atoms with Gasteiger partial charge in [-0.2, -0.15) is 5.23 Å². The zero-order valence-electron chi connectivity index (χ0n) is 9.81. The molecule has 1 heterocycles. The smallest absolute Gasteiger partial charge is 0.341 e. The molecule has 1 aromatic heterocycles. The Bertz CT molecular complexity index is 566. The highest BCUT2D eigenvalue weighted by molar-refractivity contribution is 5.69. The highest BCUT2D eigenvalue weighted by Gasteiger charge is 2.11. The van der Waals surface area contributed by atoms with Gasteiger partial charge in [0.15, 0.2) is 12.3 Å². The lowest BCUT2D eigenvalue weighted by molar-refractivity contribution is -0.991. The number of aromatic nitrogens is 1. The highest BCUT2D eigenvalue weighted by atomic mass is 16.8. The van der Waals surface area contributed by atoms with Crippen LogP contribution in [-0.4, -0.2) is 27.5 Å². The molecule has 1 aromatic carbocycles. The fourth-order valence-electron chi connectivity index (χ4n) is 1.61. The number of carbonyl (C=O) groups is 1. The van der Waals surface area contributed by atoms with Crippen molar-refractivity contribution in [1.29, 1.82) is 0 Å². The molecular formula is C12H12N2O5. The average molecular weight is 264 g/mol. The lowest BCUT2D eigenvalue weighted by Crippen LogP contribution is -2.99. The molecule has 7 heteroatoms. The van der Waals surface area contributed by atoms with Crippen LogP contribution in [0.1, 0.15) is 0 Å². The fraction of sp³-hybridized carbons (Fsp3) is 0.0833. The number of benzene rings is 1. The monoisotopic (exact) mass is 264 g/mol. The number of nitrogens with zero attached hydrogens (tertiary/aromatic N) is 1. The minimum absolute atomic E-state index is 0.103. The van der Waals surface area contributed by atoms with Crippen molar-refractivity contribution in [3.05, 3.63) is 47.9 Å². The predicted octanol–water partition coefficient (Wildman–Crippen LogP) is 0.344. The number of nitrogens with one attached hydrogen (secondary N) is 1. The van der Waals surface area contributed by atoms with Gasteiger partial charge in [0.2, 0.25) is 0 Å². The van der Waals surface area contributed by atoms with Gasteiger partial charge >= 0.3 is 5.97 Å². The third-order valence-corrected chi connectivity index (χ3v) is 2.44. The molecule has 1 atom stereocenters. The first-order valence-electron chi connectivity index (χ1n) is 5.43. The van der Waals surface area contributed by atoms with Gasteiger partial charge in [0, 0.05) is 24.5 Å². The van der Waals surface area contributed by atoms with E-state index in [1.807, 2.05) is 0 Å². The number of quaternary nitrogens is 1. The summed E-state index contributed by atoms with van der Waals surface area (Å²) in [6, 6.07) is 7.79. The molecule has 19 heavy (non-hydrogen) atoms. The van der Waals surface area contributed by atoms with E-state index in [0.717, 1.165) is 0 Å². The van der Waals surface area contributed by atoms with E-state index in [2.05, 4.69) is 0 Å². The summed E-state index contributed by atoms with van der Waals surface area (Å²) in [6.07, 6.45) is 3.43. The van der Waals surface area contributed by atoms with E-state index in [0.29, 0.717) is 11.4 Å². The summed E-state index contributed by atoms with van der Waals surface area (Å²) in [5.41, 5.74) is 0.581. The first kappa shape index (κ1) is 13.1. The fourth-order valence-corrected chi connectivity index (χ4v) is 1.61. The molecule has 7 nitrogen and oxygen atoms in total. The van der Waals surface area contributed by atoms with Crippen LogP contribution in [0.25, 0.3) is 5.69 Å². The number of hydrogen-bond donors (Lipinski definition) is 3. The van der Waals surface area contributed by atoms with Gasteiger partial charge in [-0.25, -0.2) is 10.0 Å². The van der Waals surface area contributed by atoms with E-state index in [4.69, 9.17) is 15.1 Å². The first-order chi connectivity index (χ1) is 9.08. The number of ether oxygens (including phenoxy) is 1. The molecule has 0 saturated carbocycles. The van der Waals surface area contributed by atoms with Gasteiger partial charge in [-0.05, 0) is 18.2 Å². The average Bonchev–Trinajstić information content (AvgIpc) is 2.89. The lowest BCUT2D eigenvalue weighted by Gasteiger charge is -2.16. The second-order valence-corrected chi connectivity index (χ2v) is 3.76. The van der Waals surface area contributed by atoms with E-state index in [-0.39, 0.29) is 5.69 Å². The predicted molar refractivity (Wildman–Crippen MR) is 64.7 cm³/mol. The van der Waals surface area contributed by atoms with Gasteiger partial charge in [-0.15, -0.1) is 0 Å². The normalized spacial score (nSPS) is 12.1. The molecule has 0 aliphatic rings. The summed E-state index contributed by atoms with van der Waals surface area (Å²) in [4.78, 5) is 10.5. The van der Waals surface area contributed by atoms with E-state index in [9.17, 15) is 10.0 Å². The van der Waals surface area contributed by atoms with Crippen molar-refractivity contribution >= 4 is 11.7 Å². The minimum atomic E-state index is -1.10. The first-order valence-corrected chi connectivity index (χ1v) is 5.43. The molecule has 0 bridgehead atoms. The van der Waals surface area contributed by atoms with Crippen molar-refractivity contribution in [2.24, 2.45) is 0 Å². The van der Waals surface area contributed by atoms with Crippen LogP contribution >= 0.6 is 0 Å². The van der Waals surface area contributed by atoms with Gasteiger partial charge in [0.05, 0.1) is 5.69 Å². The summed E-state index contributed by atoms with van der Waals surface area (Å²) in [5, 5.41) is 27.5. The molecule has 3 N–H and O–H groups in total. The lowest BCUT2D eigenvalue weighted by atomic mass is 10.2. The topological polar surface area (TPSA) is 99.2 Å². The van der Waals surface area contributed by atoms with Crippen LogP contribution in [0.2, 0.25) is 0 Å². The molecule has 2 rings (SSSR count). The van der Waals surface area contributed by atoms with Crippen LogP contribution in [-0.2, 0) is 4.79 Å². The van der Waals surface area contributed by atoms with Crippen molar-refractivity contribution in [2.45, 2.75) is 0 Å². The van der Waals surface area contributed by atoms with Crippen molar-refractivity contribution in [3.63, 3.8) is 0 Å². The molecule has 1 unspecified atom stereocenters. The molecular weight excluding hydrogens is 252 g/mol. The zero-order valence-corrected chi connectivity index (χ0v) is 9.81. The summed E-state index contributed by atoms with van der Waals surface area (Å²) in [5.74, 6) is -0.788.